The lowest BCUT2D eigenvalue weighted by Gasteiger charge is -2.28. The molecule has 1 rings (SSSR count). The van der Waals surface area contributed by atoms with Crippen molar-refractivity contribution in [2.75, 3.05) is 12.3 Å². The van der Waals surface area contributed by atoms with Gasteiger partial charge in [-0.15, -0.1) is 0 Å². The maximum absolute atomic E-state index is 12.9. The van der Waals surface area contributed by atoms with E-state index in [-0.39, 0.29) is 11.3 Å². The average Bonchev–Trinajstić information content (AvgIpc) is 2.27. The highest BCUT2D eigenvalue weighted by Crippen LogP contribution is 2.34. The van der Waals surface area contributed by atoms with Crippen LogP contribution < -0.4 is 5.73 Å². The van der Waals surface area contributed by atoms with Gasteiger partial charge in [-0.05, 0) is 31.5 Å². The first kappa shape index (κ1) is 17.6. The van der Waals surface area contributed by atoms with Crippen LogP contribution in [-0.4, -0.2) is 23.7 Å². The monoisotopic (exact) mass is 314 g/mol. The number of nitrogens with zero attached hydrogens (tertiary/aromatic N) is 1. The van der Waals surface area contributed by atoms with Crippen molar-refractivity contribution in [3.05, 3.63) is 29.3 Å². The molecule has 1 aromatic carbocycles. The first-order valence-corrected chi connectivity index (χ1v) is 6.16. The van der Waals surface area contributed by atoms with Crippen LogP contribution in [0.5, 0.6) is 0 Å². The standard InChI is InChI=1S/C13H16F6N2/c1-8(2)21(7-12(14,15)16)6-9-3-4-10(20)5-11(9)13(17,18)19/h3-5,8H,6-7,20H2,1-2H3. The average molecular weight is 314 g/mol. The minimum absolute atomic E-state index is 0.0852. The summed E-state index contributed by atoms with van der Waals surface area (Å²) < 4.78 is 76.2. The molecule has 0 aliphatic heterocycles. The highest BCUT2D eigenvalue weighted by atomic mass is 19.4. The molecule has 0 amide bonds. The molecule has 2 nitrogen and oxygen atoms in total. The summed E-state index contributed by atoms with van der Waals surface area (Å²) in [5, 5.41) is 0. The quantitative estimate of drug-likeness (QED) is 0.671. The lowest BCUT2D eigenvalue weighted by molar-refractivity contribution is -0.151. The molecule has 0 spiro atoms. The molecule has 0 heterocycles. The van der Waals surface area contributed by atoms with E-state index in [1.54, 1.807) is 0 Å². The molecular formula is C13H16F6N2. The maximum Gasteiger partial charge on any atom is 0.416 e. The third-order valence-corrected chi connectivity index (χ3v) is 2.93. The molecule has 120 valence electrons. The molecule has 0 saturated carbocycles. The van der Waals surface area contributed by atoms with E-state index in [2.05, 4.69) is 0 Å². The van der Waals surface area contributed by atoms with Gasteiger partial charge < -0.3 is 5.73 Å². The molecule has 0 bridgehead atoms. The summed E-state index contributed by atoms with van der Waals surface area (Å²) in [6.45, 7) is 1.27. The van der Waals surface area contributed by atoms with Gasteiger partial charge >= 0.3 is 12.4 Å². The van der Waals surface area contributed by atoms with Crippen molar-refractivity contribution in [2.24, 2.45) is 0 Å². The third-order valence-electron chi connectivity index (χ3n) is 2.93. The van der Waals surface area contributed by atoms with Crippen LogP contribution in [0.25, 0.3) is 0 Å². The Labute approximate surface area is 118 Å². The number of halogens is 6. The van der Waals surface area contributed by atoms with E-state index in [1.807, 2.05) is 0 Å². The van der Waals surface area contributed by atoms with Crippen molar-refractivity contribution in [1.82, 2.24) is 4.90 Å². The maximum atomic E-state index is 12.9. The van der Waals surface area contributed by atoms with Crippen LogP contribution in [0.1, 0.15) is 25.0 Å². The van der Waals surface area contributed by atoms with E-state index >= 15 is 0 Å². The molecule has 0 fully saturated rings. The van der Waals surface area contributed by atoms with Crippen LogP contribution in [0.3, 0.4) is 0 Å². The van der Waals surface area contributed by atoms with Gasteiger partial charge in [0.25, 0.3) is 0 Å². The lowest BCUT2D eigenvalue weighted by atomic mass is 10.0. The van der Waals surface area contributed by atoms with Crippen molar-refractivity contribution in [2.45, 2.75) is 38.8 Å². The topological polar surface area (TPSA) is 29.3 Å². The van der Waals surface area contributed by atoms with Gasteiger partial charge in [0, 0.05) is 18.3 Å². The van der Waals surface area contributed by atoms with Crippen LogP contribution >= 0.6 is 0 Å². The summed E-state index contributed by atoms with van der Waals surface area (Å²) in [6, 6.07) is 2.55. The van der Waals surface area contributed by atoms with Gasteiger partial charge in [0.15, 0.2) is 0 Å². The Balaban J connectivity index is 3.10. The summed E-state index contributed by atoms with van der Waals surface area (Å²) >= 11 is 0. The zero-order valence-electron chi connectivity index (χ0n) is 11.5. The molecule has 0 aromatic heterocycles. The Morgan fingerprint density at radius 2 is 1.67 bits per heavy atom. The molecule has 0 unspecified atom stereocenters. The fraction of sp³-hybridized carbons (Fsp3) is 0.538. The second kappa shape index (κ2) is 6.13. The second-order valence-electron chi connectivity index (χ2n) is 5.03. The first-order valence-electron chi connectivity index (χ1n) is 6.16. The summed E-state index contributed by atoms with van der Waals surface area (Å²) in [4.78, 5) is 0.931. The number of alkyl halides is 6. The fourth-order valence-corrected chi connectivity index (χ4v) is 1.87. The van der Waals surface area contributed by atoms with E-state index in [1.165, 1.54) is 19.9 Å². The minimum Gasteiger partial charge on any atom is -0.399 e. The van der Waals surface area contributed by atoms with Crippen LogP contribution in [-0.2, 0) is 12.7 Å². The van der Waals surface area contributed by atoms with E-state index in [9.17, 15) is 26.3 Å². The molecule has 1 aromatic rings. The summed E-state index contributed by atoms with van der Waals surface area (Å²) in [5.41, 5.74) is 4.01. The smallest absolute Gasteiger partial charge is 0.399 e. The molecule has 0 radical (unpaired) electrons. The predicted octanol–water partition coefficient (Wildman–Crippen LogP) is 4.06. The molecular weight excluding hydrogens is 298 g/mol. The Kier molecular flexibility index (Phi) is 5.14. The van der Waals surface area contributed by atoms with Crippen LogP contribution in [0.2, 0.25) is 0 Å². The first-order chi connectivity index (χ1) is 9.40. The number of rotatable bonds is 4. The van der Waals surface area contributed by atoms with Crippen molar-refractivity contribution >= 4 is 5.69 Å². The largest absolute Gasteiger partial charge is 0.416 e. The summed E-state index contributed by atoms with van der Waals surface area (Å²) in [5.74, 6) is 0. The van der Waals surface area contributed by atoms with Gasteiger partial charge in [-0.3, -0.25) is 4.90 Å². The number of hydrogen-bond acceptors (Lipinski definition) is 2. The van der Waals surface area contributed by atoms with E-state index in [0.717, 1.165) is 17.0 Å². The van der Waals surface area contributed by atoms with E-state index in [0.29, 0.717) is 0 Å². The van der Waals surface area contributed by atoms with Crippen molar-refractivity contribution in [3.8, 4) is 0 Å². The lowest BCUT2D eigenvalue weighted by Crippen LogP contribution is -2.38. The minimum atomic E-state index is -4.66. The van der Waals surface area contributed by atoms with Crippen LogP contribution in [0, 0.1) is 0 Å². The Morgan fingerprint density at radius 3 is 2.10 bits per heavy atom. The summed E-state index contributed by atoms with van der Waals surface area (Å²) in [7, 11) is 0. The van der Waals surface area contributed by atoms with Crippen molar-refractivity contribution in [1.29, 1.82) is 0 Å². The van der Waals surface area contributed by atoms with Gasteiger partial charge in [0.05, 0.1) is 12.1 Å². The molecule has 2 N–H and O–H groups in total. The third kappa shape index (κ3) is 5.45. The Morgan fingerprint density at radius 1 is 1.10 bits per heavy atom. The SMILES string of the molecule is CC(C)N(Cc1ccc(N)cc1C(F)(F)F)CC(F)(F)F. The molecule has 0 saturated heterocycles. The second-order valence-corrected chi connectivity index (χ2v) is 5.03. The van der Waals surface area contributed by atoms with Gasteiger partial charge in [-0.1, -0.05) is 6.07 Å². The molecule has 0 atom stereocenters. The number of benzene rings is 1. The van der Waals surface area contributed by atoms with Gasteiger partial charge in [-0.25, -0.2) is 0 Å². The molecule has 8 heteroatoms. The van der Waals surface area contributed by atoms with Crippen LogP contribution in [0.4, 0.5) is 32.0 Å². The zero-order valence-corrected chi connectivity index (χ0v) is 11.5. The zero-order chi connectivity index (χ0) is 16.4. The molecule has 0 aliphatic carbocycles. The van der Waals surface area contributed by atoms with Crippen LogP contribution in [0.15, 0.2) is 18.2 Å². The number of anilines is 1. The van der Waals surface area contributed by atoms with Crippen molar-refractivity contribution < 1.29 is 26.3 Å². The number of nitrogen functional groups attached to an aromatic ring is 1. The number of hydrogen-bond donors (Lipinski definition) is 1. The van der Waals surface area contributed by atoms with Gasteiger partial charge in [-0.2, -0.15) is 26.3 Å². The van der Waals surface area contributed by atoms with Gasteiger partial charge in [0.2, 0.25) is 0 Å². The Hall–Kier alpha value is -1.44. The predicted molar refractivity (Wildman–Crippen MR) is 67.5 cm³/mol. The normalized spacial score (nSPS) is 13.2. The number of nitrogens with two attached hydrogens (primary N) is 1. The fourth-order valence-electron chi connectivity index (χ4n) is 1.87. The highest BCUT2D eigenvalue weighted by Gasteiger charge is 2.36. The Bertz CT molecular complexity index is 479. The molecule has 21 heavy (non-hydrogen) atoms. The summed E-state index contributed by atoms with van der Waals surface area (Å²) in [6.07, 6.45) is -9.14. The van der Waals surface area contributed by atoms with Crippen molar-refractivity contribution in [3.63, 3.8) is 0 Å². The highest BCUT2D eigenvalue weighted by molar-refractivity contribution is 5.46. The molecule has 0 aliphatic rings. The van der Waals surface area contributed by atoms with E-state index in [4.69, 9.17) is 5.73 Å². The van der Waals surface area contributed by atoms with Gasteiger partial charge in [0.1, 0.15) is 0 Å². The van der Waals surface area contributed by atoms with E-state index < -0.39 is 37.0 Å².